The van der Waals surface area contributed by atoms with Crippen LogP contribution in [0.1, 0.15) is 18.7 Å². The first-order valence-corrected chi connectivity index (χ1v) is 10.4. The molecule has 5 aromatic rings. The smallest absolute Gasteiger partial charge is 0.266 e. The fourth-order valence-corrected chi connectivity index (χ4v) is 3.99. The summed E-state index contributed by atoms with van der Waals surface area (Å²) in [6.45, 7) is 1.87. The van der Waals surface area contributed by atoms with Gasteiger partial charge < -0.3 is 10.3 Å². The van der Waals surface area contributed by atoms with Gasteiger partial charge in [-0.25, -0.2) is 19.3 Å². The third-order valence-corrected chi connectivity index (χ3v) is 5.94. The van der Waals surface area contributed by atoms with Crippen LogP contribution in [0.25, 0.3) is 27.6 Å². The molecule has 10 heteroatoms. The first kappa shape index (κ1) is 20.4. The van der Waals surface area contributed by atoms with Gasteiger partial charge in [-0.1, -0.05) is 35.3 Å². The van der Waals surface area contributed by atoms with Gasteiger partial charge in [-0.05, 0) is 42.6 Å². The van der Waals surface area contributed by atoms with E-state index in [0.29, 0.717) is 38.8 Å². The van der Waals surface area contributed by atoms with Crippen molar-refractivity contribution in [3.8, 4) is 5.69 Å². The normalized spacial score (nSPS) is 12.4. The van der Waals surface area contributed by atoms with E-state index in [1.807, 2.05) is 6.92 Å². The minimum atomic E-state index is -0.594. The molecule has 5 rings (SSSR count). The maximum atomic E-state index is 14.6. The third kappa shape index (κ3) is 3.37. The number of fused-ring (bicyclic) bond motifs is 2. The van der Waals surface area contributed by atoms with Crippen LogP contribution >= 0.6 is 23.2 Å². The number of rotatable bonds is 4. The van der Waals surface area contributed by atoms with Gasteiger partial charge in [-0.15, -0.1) is 0 Å². The summed E-state index contributed by atoms with van der Waals surface area (Å²) in [6.07, 6.45) is 2.93. The topological polar surface area (TPSA) is 88.5 Å². The van der Waals surface area contributed by atoms with E-state index in [1.54, 1.807) is 36.4 Å². The van der Waals surface area contributed by atoms with E-state index in [2.05, 4.69) is 25.3 Å². The van der Waals surface area contributed by atoms with E-state index < -0.39 is 17.4 Å². The Balaban J connectivity index is 1.73. The Kier molecular flexibility index (Phi) is 5.03. The number of nitrogens with one attached hydrogen (secondary N) is 2. The van der Waals surface area contributed by atoms with E-state index in [9.17, 15) is 9.18 Å². The van der Waals surface area contributed by atoms with Gasteiger partial charge in [0.15, 0.2) is 11.5 Å². The van der Waals surface area contributed by atoms with Crippen molar-refractivity contribution in [1.82, 2.24) is 24.5 Å². The van der Waals surface area contributed by atoms with Crippen LogP contribution < -0.4 is 10.9 Å². The number of benzene rings is 2. The lowest BCUT2D eigenvalue weighted by Crippen LogP contribution is -2.26. The highest BCUT2D eigenvalue weighted by Crippen LogP contribution is 2.29. The molecule has 3 heterocycles. The van der Waals surface area contributed by atoms with Crippen LogP contribution in [0.2, 0.25) is 10.0 Å². The highest BCUT2D eigenvalue weighted by atomic mass is 35.5. The number of imidazole rings is 1. The second kappa shape index (κ2) is 7.89. The largest absolute Gasteiger partial charge is 0.360 e. The summed E-state index contributed by atoms with van der Waals surface area (Å²) in [7, 11) is 0. The number of hydrogen-bond donors (Lipinski definition) is 2. The zero-order valence-corrected chi connectivity index (χ0v) is 18.1. The molecule has 7 nitrogen and oxygen atoms in total. The third-order valence-electron chi connectivity index (χ3n) is 5.21. The minimum absolute atomic E-state index is 0.00693. The van der Waals surface area contributed by atoms with Crippen molar-refractivity contribution >= 4 is 51.0 Å². The average molecular weight is 469 g/mol. The average Bonchev–Trinajstić information content (AvgIpc) is 3.25. The van der Waals surface area contributed by atoms with Crippen molar-refractivity contribution in [1.29, 1.82) is 0 Å². The zero-order chi connectivity index (χ0) is 22.4. The summed E-state index contributed by atoms with van der Waals surface area (Å²) >= 11 is 12.3. The summed E-state index contributed by atoms with van der Waals surface area (Å²) in [6, 6.07) is 10.7. The van der Waals surface area contributed by atoms with Gasteiger partial charge in [0.2, 0.25) is 0 Å². The molecular weight excluding hydrogens is 454 g/mol. The Morgan fingerprint density at radius 1 is 1.09 bits per heavy atom. The monoisotopic (exact) mass is 468 g/mol. The molecule has 3 aromatic heterocycles. The summed E-state index contributed by atoms with van der Waals surface area (Å²) in [5, 5.41) is 4.41. The van der Waals surface area contributed by atoms with Gasteiger partial charge in [-0.2, -0.15) is 0 Å². The lowest BCUT2D eigenvalue weighted by molar-refractivity contribution is 0.637. The Morgan fingerprint density at radius 2 is 1.94 bits per heavy atom. The lowest BCUT2D eigenvalue weighted by Gasteiger charge is -2.21. The maximum Gasteiger partial charge on any atom is 0.266 e. The standard InChI is InChI=1S/C22H15Cl2FN6O/c1-11(30-21-19-20(27-9-26-19)28-10-29-21)17-7-12-3-2-4-16(25)18(12)22(32)31(17)13-5-6-14(23)15(24)8-13/h2-11H,1H3,(H2,26,27,28,29,30)/t11-/m1/s1. The number of nitrogens with zero attached hydrogens (tertiary/aromatic N) is 4. The summed E-state index contributed by atoms with van der Waals surface area (Å²) in [5.41, 5.74) is 1.69. The molecule has 0 saturated heterocycles. The van der Waals surface area contributed by atoms with Gasteiger partial charge in [-0.3, -0.25) is 9.36 Å². The van der Waals surface area contributed by atoms with Crippen molar-refractivity contribution in [2.24, 2.45) is 0 Å². The number of pyridine rings is 1. The molecule has 0 saturated carbocycles. The Bertz CT molecular complexity index is 1550. The molecule has 0 unspecified atom stereocenters. The number of aromatic nitrogens is 5. The molecule has 0 spiro atoms. The van der Waals surface area contributed by atoms with E-state index in [4.69, 9.17) is 23.2 Å². The van der Waals surface area contributed by atoms with Crippen molar-refractivity contribution in [2.45, 2.75) is 13.0 Å². The van der Waals surface area contributed by atoms with E-state index in [0.717, 1.165) is 0 Å². The van der Waals surface area contributed by atoms with E-state index in [1.165, 1.54) is 23.3 Å². The molecule has 0 bridgehead atoms. The molecule has 0 radical (unpaired) electrons. The maximum absolute atomic E-state index is 14.6. The van der Waals surface area contributed by atoms with Crippen molar-refractivity contribution in [3.05, 3.63) is 87.0 Å². The first-order valence-electron chi connectivity index (χ1n) is 9.64. The minimum Gasteiger partial charge on any atom is -0.360 e. The summed E-state index contributed by atoms with van der Waals surface area (Å²) in [4.78, 5) is 29.0. The molecular formula is C22H15Cl2FN6O. The molecule has 2 aromatic carbocycles. The van der Waals surface area contributed by atoms with Crippen molar-refractivity contribution in [3.63, 3.8) is 0 Å². The predicted octanol–water partition coefficient (Wildman–Crippen LogP) is 5.28. The fourth-order valence-electron chi connectivity index (χ4n) is 3.70. The molecule has 1 atom stereocenters. The summed E-state index contributed by atoms with van der Waals surface area (Å²) in [5.74, 6) is -0.0732. The van der Waals surface area contributed by atoms with Crippen LogP contribution in [0.5, 0.6) is 0 Å². The van der Waals surface area contributed by atoms with Gasteiger partial charge in [0.05, 0.1) is 33.5 Å². The number of anilines is 1. The first-order chi connectivity index (χ1) is 15.4. The van der Waals surface area contributed by atoms with Crippen molar-refractivity contribution in [2.75, 3.05) is 5.32 Å². The number of aromatic amines is 1. The highest BCUT2D eigenvalue weighted by Gasteiger charge is 2.20. The van der Waals surface area contributed by atoms with Crippen LogP contribution in [-0.2, 0) is 0 Å². The van der Waals surface area contributed by atoms with Gasteiger partial charge in [0, 0.05) is 5.69 Å². The zero-order valence-electron chi connectivity index (χ0n) is 16.6. The van der Waals surface area contributed by atoms with E-state index in [-0.39, 0.29) is 10.4 Å². The molecule has 0 fully saturated rings. The second-order valence-corrected chi connectivity index (χ2v) is 8.02. The summed E-state index contributed by atoms with van der Waals surface area (Å²) < 4.78 is 16.0. The molecule has 32 heavy (non-hydrogen) atoms. The molecule has 0 aliphatic carbocycles. The Labute approximate surface area is 190 Å². The van der Waals surface area contributed by atoms with Crippen LogP contribution in [0.15, 0.2) is 59.9 Å². The SMILES string of the molecule is C[C@@H](Nc1ncnc2nc[nH]c12)c1cc2cccc(F)c2c(=O)n1-c1ccc(Cl)c(Cl)c1. The Morgan fingerprint density at radius 3 is 2.75 bits per heavy atom. The van der Waals surface area contributed by atoms with Crippen LogP contribution in [0.4, 0.5) is 10.2 Å². The van der Waals surface area contributed by atoms with Crippen LogP contribution in [-0.4, -0.2) is 24.5 Å². The number of H-pyrrole nitrogens is 1. The van der Waals surface area contributed by atoms with Gasteiger partial charge >= 0.3 is 0 Å². The van der Waals surface area contributed by atoms with E-state index >= 15 is 0 Å². The van der Waals surface area contributed by atoms with Crippen LogP contribution in [0, 0.1) is 5.82 Å². The van der Waals surface area contributed by atoms with Gasteiger partial charge in [0.25, 0.3) is 5.56 Å². The van der Waals surface area contributed by atoms with Gasteiger partial charge in [0.1, 0.15) is 17.7 Å². The molecule has 0 amide bonds. The lowest BCUT2D eigenvalue weighted by atomic mass is 10.1. The molecule has 0 aliphatic heterocycles. The highest BCUT2D eigenvalue weighted by molar-refractivity contribution is 6.42. The van der Waals surface area contributed by atoms with Crippen molar-refractivity contribution < 1.29 is 4.39 Å². The molecule has 2 N–H and O–H groups in total. The second-order valence-electron chi connectivity index (χ2n) is 7.20. The molecule has 0 aliphatic rings. The van der Waals surface area contributed by atoms with Crippen LogP contribution in [0.3, 0.4) is 0 Å². The fraction of sp³-hybridized carbons (Fsp3) is 0.0909. The number of hydrogen-bond acceptors (Lipinski definition) is 5. The predicted molar refractivity (Wildman–Crippen MR) is 123 cm³/mol. The molecule has 160 valence electrons. The Hall–Kier alpha value is -3.49. The quantitative estimate of drug-likeness (QED) is 0.374. The number of halogens is 3.